The van der Waals surface area contributed by atoms with E-state index in [4.69, 9.17) is 21.3 Å². The number of rotatable bonds is 5. The van der Waals surface area contributed by atoms with Gasteiger partial charge in [-0.3, -0.25) is 13.9 Å². The smallest absolute Gasteiger partial charge is 0.332 e. The Morgan fingerprint density at radius 3 is 2.62 bits per heavy atom. The molecule has 8 nitrogen and oxygen atoms in total. The lowest BCUT2D eigenvalue weighted by Crippen LogP contribution is -2.41. The maximum atomic E-state index is 13.2. The Bertz CT molecular complexity index is 1160. The summed E-state index contributed by atoms with van der Waals surface area (Å²) in [4.78, 5) is 32.7. The molecule has 0 N–H and O–H groups in total. The molecular formula is C20H24ClN5O3. The van der Waals surface area contributed by atoms with E-state index in [1.54, 1.807) is 7.05 Å². The molecule has 0 saturated carbocycles. The van der Waals surface area contributed by atoms with Crippen molar-refractivity contribution in [2.75, 3.05) is 24.7 Å². The van der Waals surface area contributed by atoms with E-state index in [1.807, 2.05) is 35.8 Å². The number of hydrogen-bond donors (Lipinski definition) is 0. The lowest BCUT2D eigenvalue weighted by molar-refractivity contribution is 0.137. The van der Waals surface area contributed by atoms with Gasteiger partial charge in [-0.15, -0.1) is 0 Å². The molecule has 3 aromatic rings. The standard InChI is InChI=1S/C20H24ClN5O3/c1-4-29-10-9-24-18(27)16-17(23(3)20(24)28)22-19-25(11-13(2)12-26(16)19)15-7-5-14(21)6-8-15/h5-8,13H,4,9-12H2,1-3H3. The maximum absolute atomic E-state index is 13.2. The second-order valence-corrected chi connectivity index (χ2v) is 7.82. The highest BCUT2D eigenvalue weighted by Crippen LogP contribution is 2.33. The number of hydrogen-bond acceptors (Lipinski definition) is 5. The maximum Gasteiger partial charge on any atom is 0.332 e. The fraction of sp³-hybridized carbons (Fsp3) is 0.450. The zero-order valence-electron chi connectivity index (χ0n) is 16.8. The van der Waals surface area contributed by atoms with Gasteiger partial charge >= 0.3 is 5.69 Å². The minimum atomic E-state index is -0.385. The van der Waals surface area contributed by atoms with E-state index in [-0.39, 0.29) is 17.8 Å². The predicted octanol–water partition coefficient (Wildman–Crippen LogP) is 2.37. The number of fused-ring (bicyclic) bond motifs is 3. The molecule has 4 rings (SSSR count). The zero-order chi connectivity index (χ0) is 20.7. The van der Waals surface area contributed by atoms with E-state index in [0.29, 0.717) is 47.8 Å². The Labute approximate surface area is 172 Å². The highest BCUT2D eigenvalue weighted by molar-refractivity contribution is 6.30. The van der Waals surface area contributed by atoms with Gasteiger partial charge in [-0.1, -0.05) is 18.5 Å². The summed E-state index contributed by atoms with van der Waals surface area (Å²) in [6.45, 7) is 6.49. The second kappa shape index (κ2) is 7.68. The number of aryl methyl sites for hydroxylation is 1. The third-order valence-electron chi connectivity index (χ3n) is 5.24. The quantitative estimate of drug-likeness (QED) is 0.596. The first kappa shape index (κ1) is 19.7. The molecule has 1 atom stereocenters. The molecule has 0 radical (unpaired) electrons. The van der Waals surface area contributed by atoms with E-state index in [2.05, 4.69) is 11.8 Å². The molecule has 2 aromatic heterocycles. The molecule has 0 amide bonds. The fourth-order valence-electron chi connectivity index (χ4n) is 3.84. The molecule has 0 saturated heterocycles. The molecule has 0 bridgehead atoms. The van der Waals surface area contributed by atoms with E-state index >= 15 is 0 Å². The minimum absolute atomic E-state index is 0.215. The summed E-state index contributed by atoms with van der Waals surface area (Å²) in [6.07, 6.45) is 0. The van der Waals surface area contributed by atoms with Crippen LogP contribution in [0.4, 0.5) is 11.6 Å². The van der Waals surface area contributed by atoms with Crippen molar-refractivity contribution in [3.8, 4) is 0 Å². The van der Waals surface area contributed by atoms with Gasteiger partial charge in [-0.2, -0.15) is 4.98 Å². The van der Waals surface area contributed by atoms with Crippen molar-refractivity contribution in [3.63, 3.8) is 0 Å². The summed E-state index contributed by atoms with van der Waals surface area (Å²) in [5.74, 6) is 0.958. The van der Waals surface area contributed by atoms with Crippen molar-refractivity contribution >= 4 is 34.4 Å². The first-order valence-electron chi connectivity index (χ1n) is 9.73. The van der Waals surface area contributed by atoms with Crippen LogP contribution in [-0.2, 0) is 24.9 Å². The average Bonchev–Trinajstić information content (AvgIpc) is 3.08. The van der Waals surface area contributed by atoms with Crippen LogP contribution in [-0.4, -0.2) is 38.4 Å². The second-order valence-electron chi connectivity index (χ2n) is 7.38. The summed E-state index contributed by atoms with van der Waals surface area (Å²) in [5, 5.41) is 0.659. The number of halogens is 1. The summed E-state index contributed by atoms with van der Waals surface area (Å²) < 4.78 is 9.95. The summed E-state index contributed by atoms with van der Waals surface area (Å²) in [7, 11) is 1.65. The Morgan fingerprint density at radius 1 is 1.21 bits per heavy atom. The topological polar surface area (TPSA) is 74.3 Å². The molecule has 0 spiro atoms. The SMILES string of the molecule is CCOCCn1c(=O)c2c(nc3n2CC(C)CN3c2ccc(Cl)cc2)n(C)c1=O. The van der Waals surface area contributed by atoms with E-state index in [0.717, 1.165) is 12.2 Å². The first-order chi connectivity index (χ1) is 13.9. The van der Waals surface area contributed by atoms with Gasteiger partial charge in [0.2, 0.25) is 5.95 Å². The van der Waals surface area contributed by atoms with Crippen molar-refractivity contribution in [3.05, 3.63) is 50.1 Å². The minimum Gasteiger partial charge on any atom is -0.380 e. The van der Waals surface area contributed by atoms with Crippen LogP contribution in [0.2, 0.25) is 5.02 Å². The van der Waals surface area contributed by atoms with Gasteiger partial charge < -0.3 is 14.2 Å². The molecule has 3 heterocycles. The highest BCUT2D eigenvalue weighted by Gasteiger charge is 2.29. The molecule has 0 fully saturated rings. The molecule has 1 aliphatic heterocycles. The average molecular weight is 418 g/mol. The van der Waals surface area contributed by atoms with Crippen molar-refractivity contribution in [1.29, 1.82) is 0 Å². The number of anilines is 2. The summed E-state index contributed by atoms with van der Waals surface area (Å²) in [6, 6.07) is 7.53. The van der Waals surface area contributed by atoms with Crippen LogP contribution in [0.25, 0.3) is 11.2 Å². The third kappa shape index (κ3) is 3.36. The molecule has 1 aliphatic rings. The number of ether oxygens (including phenoxy) is 1. The van der Waals surface area contributed by atoms with Gasteiger partial charge in [0, 0.05) is 37.5 Å². The third-order valence-corrected chi connectivity index (χ3v) is 5.50. The summed E-state index contributed by atoms with van der Waals surface area (Å²) in [5.41, 5.74) is 1.08. The largest absolute Gasteiger partial charge is 0.380 e. The lowest BCUT2D eigenvalue weighted by atomic mass is 10.1. The van der Waals surface area contributed by atoms with Crippen LogP contribution < -0.4 is 16.1 Å². The normalized spacial score (nSPS) is 16.4. The van der Waals surface area contributed by atoms with Crippen LogP contribution in [0.5, 0.6) is 0 Å². The van der Waals surface area contributed by atoms with E-state index in [9.17, 15) is 9.59 Å². The first-order valence-corrected chi connectivity index (χ1v) is 10.1. The van der Waals surface area contributed by atoms with Crippen LogP contribution in [0, 0.1) is 5.92 Å². The number of imidazole rings is 1. The summed E-state index contributed by atoms with van der Waals surface area (Å²) >= 11 is 6.04. The Kier molecular flexibility index (Phi) is 5.23. The van der Waals surface area contributed by atoms with Crippen molar-refractivity contribution < 1.29 is 4.74 Å². The highest BCUT2D eigenvalue weighted by atomic mass is 35.5. The van der Waals surface area contributed by atoms with Crippen molar-refractivity contribution in [1.82, 2.24) is 18.7 Å². The van der Waals surface area contributed by atoms with Gasteiger partial charge in [0.05, 0.1) is 13.2 Å². The van der Waals surface area contributed by atoms with Crippen molar-refractivity contribution in [2.24, 2.45) is 13.0 Å². The Hall–Kier alpha value is -2.58. The van der Waals surface area contributed by atoms with E-state index < -0.39 is 0 Å². The molecule has 154 valence electrons. The number of benzene rings is 1. The molecule has 1 unspecified atom stereocenters. The monoisotopic (exact) mass is 417 g/mol. The molecule has 9 heteroatoms. The fourth-order valence-corrected chi connectivity index (χ4v) is 3.97. The Balaban J connectivity index is 1.91. The molecule has 0 aliphatic carbocycles. The van der Waals surface area contributed by atoms with E-state index in [1.165, 1.54) is 9.13 Å². The molecule has 1 aromatic carbocycles. The van der Waals surface area contributed by atoms with Gasteiger partial charge in [-0.25, -0.2) is 4.79 Å². The van der Waals surface area contributed by atoms with Crippen LogP contribution in [0.15, 0.2) is 33.9 Å². The van der Waals surface area contributed by atoms with Gasteiger partial charge in [0.1, 0.15) is 0 Å². The number of nitrogens with zero attached hydrogens (tertiary/aromatic N) is 5. The van der Waals surface area contributed by atoms with Crippen LogP contribution >= 0.6 is 11.6 Å². The van der Waals surface area contributed by atoms with Gasteiger partial charge in [0.15, 0.2) is 11.2 Å². The molecular weight excluding hydrogens is 394 g/mol. The molecule has 29 heavy (non-hydrogen) atoms. The Morgan fingerprint density at radius 2 is 1.93 bits per heavy atom. The van der Waals surface area contributed by atoms with Gasteiger partial charge in [0.25, 0.3) is 5.56 Å². The van der Waals surface area contributed by atoms with Crippen LogP contribution in [0.1, 0.15) is 13.8 Å². The van der Waals surface area contributed by atoms with Crippen LogP contribution in [0.3, 0.4) is 0 Å². The number of aromatic nitrogens is 4. The predicted molar refractivity (Wildman–Crippen MR) is 113 cm³/mol. The van der Waals surface area contributed by atoms with Crippen molar-refractivity contribution in [2.45, 2.75) is 26.9 Å². The zero-order valence-corrected chi connectivity index (χ0v) is 17.5. The van der Waals surface area contributed by atoms with Gasteiger partial charge in [-0.05, 0) is 37.1 Å². The lowest BCUT2D eigenvalue weighted by Gasteiger charge is -2.33.